The van der Waals surface area contributed by atoms with E-state index in [1.807, 2.05) is 18.2 Å². The minimum Gasteiger partial charge on any atom is -0.483 e. The zero-order valence-electron chi connectivity index (χ0n) is 10.1. The maximum absolute atomic E-state index is 11.6. The minimum absolute atomic E-state index is 0.0149. The van der Waals surface area contributed by atoms with Crippen molar-refractivity contribution in [2.75, 3.05) is 13.2 Å². The molecule has 0 unspecified atom stereocenters. The van der Waals surface area contributed by atoms with Crippen molar-refractivity contribution in [3.63, 3.8) is 0 Å². The molecule has 0 spiro atoms. The van der Waals surface area contributed by atoms with Crippen molar-refractivity contribution in [3.8, 4) is 5.75 Å². The summed E-state index contributed by atoms with van der Waals surface area (Å²) in [7, 11) is 0. The Hall–Kier alpha value is -1.89. The molecule has 0 aliphatic heterocycles. The number of para-hydroxylation sites is 1. The van der Waals surface area contributed by atoms with Crippen LogP contribution in [0, 0.1) is 0 Å². The normalized spacial score (nSPS) is 10.2. The van der Waals surface area contributed by atoms with Crippen molar-refractivity contribution < 1.29 is 9.53 Å². The number of nitrogens with zero attached hydrogens (tertiary/aromatic N) is 2. The summed E-state index contributed by atoms with van der Waals surface area (Å²) in [4.78, 5) is 15.5. The van der Waals surface area contributed by atoms with E-state index < -0.39 is 0 Å². The van der Waals surface area contributed by atoms with Gasteiger partial charge in [-0.1, -0.05) is 12.1 Å². The van der Waals surface area contributed by atoms with Crippen LogP contribution in [0.4, 0.5) is 0 Å². The number of rotatable bonds is 6. The first kappa shape index (κ1) is 13.5. The van der Waals surface area contributed by atoms with E-state index in [4.69, 9.17) is 4.74 Å². The van der Waals surface area contributed by atoms with Crippen LogP contribution in [0.1, 0.15) is 5.82 Å². The maximum atomic E-state index is 11.6. The topological polar surface area (TPSA) is 79.9 Å². The maximum Gasteiger partial charge on any atom is 0.257 e. The van der Waals surface area contributed by atoms with Crippen LogP contribution < -0.4 is 10.1 Å². The van der Waals surface area contributed by atoms with Gasteiger partial charge in [-0.15, -0.1) is 0 Å². The lowest BCUT2D eigenvalue weighted by atomic mass is 10.3. The number of hydrogen-bond donors (Lipinski definition) is 2. The lowest BCUT2D eigenvalue weighted by Gasteiger charge is -2.08. The molecule has 1 aromatic carbocycles. The first-order valence-corrected chi connectivity index (χ1v) is 6.53. The van der Waals surface area contributed by atoms with E-state index >= 15 is 0 Å². The molecule has 7 heteroatoms. The summed E-state index contributed by atoms with van der Waals surface area (Å²) in [6.07, 6.45) is 2.05. The minimum atomic E-state index is -0.171. The van der Waals surface area contributed by atoms with Crippen molar-refractivity contribution in [1.82, 2.24) is 20.5 Å². The van der Waals surface area contributed by atoms with Crippen LogP contribution in [0.25, 0.3) is 0 Å². The Bertz CT molecular complexity index is 530. The van der Waals surface area contributed by atoms with Gasteiger partial charge in [-0.3, -0.25) is 9.89 Å². The van der Waals surface area contributed by atoms with Gasteiger partial charge in [0.2, 0.25) is 0 Å². The third kappa shape index (κ3) is 4.36. The number of hydrogen-bond acceptors (Lipinski definition) is 4. The van der Waals surface area contributed by atoms with E-state index in [-0.39, 0.29) is 12.5 Å². The molecule has 2 aromatic rings. The molecule has 100 valence electrons. The molecule has 1 heterocycles. The second-order valence-corrected chi connectivity index (χ2v) is 4.61. The molecular formula is C12H13BrN4O2. The van der Waals surface area contributed by atoms with Crippen LogP contribution in [-0.4, -0.2) is 34.2 Å². The van der Waals surface area contributed by atoms with Crippen molar-refractivity contribution in [1.29, 1.82) is 0 Å². The number of nitrogens with one attached hydrogen (secondary N) is 2. The molecule has 0 saturated heterocycles. The summed E-state index contributed by atoms with van der Waals surface area (Å²) in [5.74, 6) is 1.22. The Morgan fingerprint density at radius 2 is 2.26 bits per heavy atom. The van der Waals surface area contributed by atoms with Crippen molar-refractivity contribution in [2.45, 2.75) is 6.42 Å². The van der Waals surface area contributed by atoms with Crippen LogP contribution in [-0.2, 0) is 11.2 Å². The second kappa shape index (κ2) is 6.89. The summed E-state index contributed by atoms with van der Waals surface area (Å²) in [5, 5.41) is 9.20. The molecule has 0 atom stereocenters. The van der Waals surface area contributed by atoms with Crippen LogP contribution in [0.2, 0.25) is 0 Å². The van der Waals surface area contributed by atoms with Gasteiger partial charge in [0, 0.05) is 13.0 Å². The van der Waals surface area contributed by atoms with Crippen LogP contribution in [0.3, 0.4) is 0 Å². The van der Waals surface area contributed by atoms with Gasteiger partial charge in [-0.05, 0) is 28.1 Å². The van der Waals surface area contributed by atoms with Gasteiger partial charge in [-0.25, -0.2) is 4.98 Å². The predicted octanol–water partition coefficient (Wildman–Crippen LogP) is 1.30. The van der Waals surface area contributed by atoms with E-state index in [1.54, 1.807) is 6.07 Å². The van der Waals surface area contributed by atoms with Crippen LogP contribution >= 0.6 is 15.9 Å². The Labute approximate surface area is 118 Å². The highest BCUT2D eigenvalue weighted by molar-refractivity contribution is 9.10. The molecule has 2 rings (SSSR count). The summed E-state index contributed by atoms with van der Waals surface area (Å²) in [5.41, 5.74) is 0. The summed E-state index contributed by atoms with van der Waals surface area (Å²) >= 11 is 3.35. The average Bonchev–Trinajstić information content (AvgIpc) is 2.91. The third-order valence-corrected chi connectivity index (χ3v) is 3.00. The van der Waals surface area contributed by atoms with Crippen molar-refractivity contribution in [3.05, 3.63) is 40.9 Å². The summed E-state index contributed by atoms with van der Waals surface area (Å²) < 4.78 is 6.22. The molecule has 1 amide bonds. The van der Waals surface area contributed by atoms with Gasteiger partial charge in [0.1, 0.15) is 17.9 Å². The van der Waals surface area contributed by atoms with Crippen molar-refractivity contribution in [2.24, 2.45) is 0 Å². The monoisotopic (exact) mass is 324 g/mol. The Balaban J connectivity index is 1.69. The van der Waals surface area contributed by atoms with Crippen LogP contribution in [0.15, 0.2) is 35.1 Å². The number of carbonyl (C=O) groups excluding carboxylic acids is 1. The van der Waals surface area contributed by atoms with Gasteiger partial charge in [0.05, 0.1) is 4.47 Å². The van der Waals surface area contributed by atoms with Gasteiger partial charge in [0.15, 0.2) is 6.61 Å². The molecule has 0 aliphatic rings. The van der Waals surface area contributed by atoms with E-state index in [1.165, 1.54) is 6.33 Å². The lowest BCUT2D eigenvalue weighted by Crippen LogP contribution is -2.30. The highest BCUT2D eigenvalue weighted by atomic mass is 79.9. The Morgan fingerprint density at radius 3 is 3.00 bits per heavy atom. The molecule has 1 aromatic heterocycles. The van der Waals surface area contributed by atoms with Gasteiger partial charge >= 0.3 is 0 Å². The molecule has 2 N–H and O–H groups in total. The first-order chi connectivity index (χ1) is 9.25. The largest absolute Gasteiger partial charge is 0.483 e. The van der Waals surface area contributed by atoms with Gasteiger partial charge in [0.25, 0.3) is 5.91 Å². The molecular weight excluding hydrogens is 312 g/mol. The SMILES string of the molecule is O=C(COc1ccccc1Br)NCCc1ncn[nH]1. The highest BCUT2D eigenvalue weighted by Gasteiger charge is 2.05. The second-order valence-electron chi connectivity index (χ2n) is 3.75. The third-order valence-electron chi connectivity index (χ3n) is 2.34. The first-order valence-electron chi connectivity index (χ1n) is 5.74. The summed E-state index contributed by atoms with van der Waals surface area (Å²) in [6, 6.07) is 7.39. The fourth-order valence-corrected chi connectivity index (χ4v) is 1.83. The zero-order chi connectivity index (χ0) is 13.5. The highest BCUT2D eigenvalue weighted by Crippen LogP contribution is 2.23. The van der Waals surface area contributed by atoms with E-state index in [2.05, 4.69) is 36.4 Å². The standard InChI is InChI=1S/C12H13BrN4O2/c13-9-3-1-2-4-10(9)19-7-12(18)14-6-5-11-15-8-16-17-11/h1-4,8H,5-7H2,(H,14,18)(H,15,16,17). The molecule has 0 saturated carbocycles. The molecule has 6 nitrogen and oxygen atoms in total. The molecule has 19 heavy (non-hydrogen) atoms. The fraction of sp³-hybridized carbons (Fsp3) is 0.250. The van der Waals surface area contributed by atoms with Gasteiger partial charge in [-0.2, -0.15) is 5.10 Å². The lowest BCUT2D eigenvalue weighted by molar-refractivity contribution is -0.123. The molecule has 0 aliphatic carbocycles. The number of halogens is 1. The average molecular weight is 325 g/mol. The molecule has 0 bridgehead atoms. The Kier molecular flexibility index (Phi) is 4.91. The van der Waals surface area contributed by atoms with E-state index in [9.17, 15) is 4.79 Å². The number of aromatic nitrogens is 3. The predicted molar refractivity (Wildman–Crippen MR) is 72.7 cm³/mol. The number of aromatic amines is 1. The molecule has 0 radical (unpaired) electrons. The number of ether oxygens (including phenoxy) is 1. The number of H-pyrrole nitrogens is 1. The smallest absolute Gasteiger partial charge is 0.257 e. The van der Waals surface area contributed by atoms with E-state index in [0.717, 1.165) is 10.3 Å². The fourth-order valence-electron chi connectivity index (χ4n) is 1.43. The van der Waals surface area contributed by atoms with Crippen molar-refractivity contribution >= 4 is 21.8 Å². The summed E-state index contributed by atoms with van der Waals surface area (Å²) in [6.45, 7) is 0.479. The Morgan fingerprint density at radius 1 is 1.42 bits per heavy atom. The van der Waals surface area contributed by atoms with Crippen LogP contribution in [0.5, 0.6) is 5.75 Å². The number of benzene rings is 1. The quantitative estimate of drug-likeness (QED) is 0.839. The van der Waals surface area contributed by atoms with Gasteiger partial charge < -0.3 is 10.1 Å². The van der Waals surface area contributed by atoms with E-state index in [0.29, 0.717) is 18.7 Å². The number of carbonyl (C=O) groups is 1. The number of amides is 1. The zero-order valence-corrected chi connectivity index (χ0v) is 11.7. The molecule has 0 fully saturated rings.